The van der Waals surface area contributed by atoms with Gasteiger partial charge in [-0.2, -0.15) is 0 Å². The molecule has 2 saturated heterocycles. The van der Waals surface area contributed by atoms with Crippen LogP contribution in [0.2, 0.25) is 0 Å². The van der Waals surface area contributed by atoms with Gasteiger partial charge in [0.15, 0.2) is 5.13 Å². The molecule has 1 aromatic heterocycles. The van der Waals surface area contributed by atoms with Crippen LogP contribution in [0, 0.1) is 11.8 Å². The first kappa shape index (κ1) is 19.2. The first-order chi connectivity index (χ1) is 13.7. The van der Waals surface area contributed by atoms with E-state index in [4.69, 9.17) is 9.72 Å². The molecular weight excluding hydrogens is 374 g/mol. The molecule has 2 aliphatic rings. The third kappa shape index (κ3) is 3.99. The molecule has 2 aromatic rings. The number of thiazole rings is 1. The minimum absolute atomic E-state index is 0.0510. The van der Waals surface area contributed by atoms with Crippen molar-refractivity contribution in [1.82, 2.24) is 9.88 Å². The lowest BCUT2D eigenvalue weighted by atomic mass is 9.92. The predicted octanol–water partition coefficient (Wildman–Crippen LogP) is 3.31. The predicted molar refractivity (Wildman–Crippen MR) is 110 cm³/mol. The van der Waals surface area contributed by atoms with Crippen LogP contribution in [-0.4, -0.2) is 54.5 Å². The number of esters is 1. The lowest BCUT2D eigenvalue weighted by Gasteiger charge is -2.36. The third-order valence-corrected chi connectivity index (χ3v) is 6.92. The van der Waals surface area contributed by atoms with Crippen LogP contribution in [0.25, 0.3) is 10.2 Å². The Morgan fingerprint density at radius 3 is 2.43 bits per heavy atom. The molecule has 0 radical (unpaired) electrons. The Hall–Kier alpha value is -2.15. The molecular formula is C21H27N3O3S. The number of nitrogens with zero attached hydrogens (tertiary/aromatic N) is 3. The van der Waals surface area contributed by atoms with E-state index in [1.165, 1.54) is 4.70 Å². The minimum atomic E-state index is -0.112. The smallest absolute Gasteiger partial charge is 0.309 e. The lowest BCUT2D eigenvalue weighted by Crippen LogP contribution is -2.46. The van der Waals surface area contributed by atoms with Gasteiger partial charge in [-0.05, 0) is 44.7 Å². The molecule has 0 spiro atoms. The fraction of sp³-hybridized carbons (Fsp3) is 0.571. The summed E-state index contributed by atoms with van der Waals surface area (Å²) in [6.07, 6.45) is 3.17. The Labute approximate surface area is 169 Å². The van der Waals surface area contributed by atoms with E-state index in [1.54, 1.807) is 11.3 Å². The van der Waals surface area contributed by atoms with Gasteiger partial charge in [-0.15, -0.1) is 0 Å². The second kappa shape index (κ2) is 8.47. The maximum atomic E-state index is 12.9. The maximum absolute atomic E-state index is 12.9. The van der Waals surface area contributed by atoms with Crippen LogP contribution in [0.15, 0.2) is 24.3 Å². The van der Waals surface area contributed by atoms with E-state index < -0.39 is 0 Å². The Balaban J connectivity index is 1.29. The number of anilines is 1. The molecule has 1 amide bonds. The second-order valence-corrected chi connectivity index (χ2v) is 8.59. The van der Waals surface area contributed by atoms with Crippen molar-refractivity contribution in [2.24, 2.45) is 11.8 Å². The van der Waals surface area contributed by atoms with Gasteiger partial charge >= 0.3 is 5.97 Å². The normalized spacial score (nSPS) is 19.2. The summed E-state index contributed by atoms with van der Waals surface area (Å²) in [5, 5.41) is 1.06. The summed E-state index contributed by atoms with van der Waals surface area (Å²) in [7, 11) is 0. The molecule has 0 N–H and O–H groups in total. The van der Waals surface area contributed by atoms with Gasteiger partial charge in [0.1, 0.15) is 0 Å². The van der Waals surface area contributed by atoms with Crippen molar-refractivity contribution < 1.29 is 14.3 Å². The summed E-state index contributed by atoms with van der Waals surface area (Å²) in [5.41, 5.74) is 1.05. The topological polar surface area (TPSA) is 62.7 Å². The van der Waals surface area contributed by atoms with Crippen molar-refractivity contribution in [3.63, 3.8) is 0 Å². The average Bonchev–Trinajstić information content (AvgIpc) is 3.18. The van der Waals surface area contributed by atoms with E-state index in [0.717, 1.165) is 49.4 Å². The van der Waals surface area contributed by atoms with Crippen molar-refractivity contribution in [3.8, 4) is 0 Å². The first-order valence-corrected chi connectivity index (χ1v) is 11.0. The molecule has 0 atom stereocenters. The van der Waals surface area contributed by atoms with Crippen LogP contribution < -0.4 is 4.90 Å². The molecule has 150 valence electrons. The monoisotopic (exact) mass is 401 g/mol. The van der Waals surface area contributed by atoms with Crippen molar-refractivity contribution >= 4 is 38.6 Å². The van der Waals surface area contributed by atoms with Gasteiger partial charge < -0.3 is 14.5 Å². The van der Waals surface area contributed by atoms with Gasteiger partial charge in [0.05, 0.1) is 22.7 Å². The summed E-state index contributed by atoms with van der Waals surface area (Å²) < 4.78 is 6.32. The number of carbonyl (C=O) groups excluding carboxylic acids is 2. The highest BCUT2D eigenvalue weighted by atomic mass is 32.1. The molecule has 1 aromatic carbocycles. The van der Waals surface area contributed by atoms with E-state index in [0.29, 0.717) is 19.7 Å². The molecule has 2 aliphatic heterocycles. The largest absolute Gasteiger partial charge is 0.466 e. The van der Waals surface area contributed by atoms with Gasteiger partial charge in [-0.3, -0.25) is 9.59 Å². The Morgan fingerprint density at radius 2 is 1.75 bits per heavy atom. The molecule has 6 nitrogen and oxygen atoms in total. The van der Waals surface area contributed by atoms with Crippen LogP contribution >= 0.6 is 11.3 Å². The number of benzene rings is 1. The molecule has 0 saturated carbocycles. The minimum Gasteiger partial charge on any atom is -0.466 e. The highest BCUT2D eigenvalue weighted by molar-refractivity contribution is 7.22. The Bertz CT molecular complexity index is 803. The van der Waals surface area contributed by atoms with Crippen molar-refractivity contribution in [1.29, 1.82) is 0 Å². The Kier molecular flexibility index (Phi) is 5.80. The fourth-order valence-corrected chi connectivity index (χ4v) is 5.18. The summed E-state index contributed by atoms with van der Waals surface area (Å²) in [5.74, 6) is 0.180. The molecule has 28 heavy (non-hydrogen) atoms. The fourth-order valence-electron chi connectivity index (χ4n) is 4.17. The number of ether oxygens (including phenoxy) is 1. The molecule has 7 heteroatoms. The molecule has 2 fully saturated rings. The number of amides is 1. The number of para-hydroxylation sites is 1. The zero-order valence-electron chi connectivity index (χ0n) is 16.3. The van der Waals surface area contributed by atoms with Gasteiger partial charge in [-0.25, -0.2) is 4.98 Å². The van der Waals surface area contributed by atoms with Gasteiger partial charge in [0, 0.05) is 32.1 Å². The average molecular weight is 402 g/mol. The number of hydrogen-bond acceptors (Lipinski definition) is 6. The van der Waals surface area contributed by atoms with Crippen LogP contribution in [0.5, 0.6) is 0 Å². The lowest BCUT2D eigenvalue weighted by molar-refractivity contribution is -0.151. The third-order valence-electron chi connectivity index (χ3n) is 5.82. The van der Waals surface area contributed by atoms with E-state index in [9.17, 15) is 9.59 Å². The van der Waals surface area contributed by atoms with Crippen LogP contribution in [0.3, 0.4) is 0 Å². The van der Waals surface area contributed by atoms with Gasteiger partial charge in [0.25, 0.3) is 0 Å². The molecule has 3 heterocycles. The maximum Gasteiger partial charge on any atom is 0.309 e. The number of hydrogen-bond donors (Lipinski definition) is 0. The van der Waals surface area contributed by atoms with Crippen LogP contribution in [0.4, 0.5) is 5.13 Å². The Morgan fingerprint density at radius 1 is 1.07 bits per heavy atom. The van der Waals surface area contributed by atoms with E-state index >= 15 is 0 Å². The SMILES string of the molecule is CCOC(=O)C1CCN(C(=O)C2CCN(c3nc4ccccc4s3)CC2)CC1. The number of aromatic nitrogens is 1. The van der Waals surface area contributed by atoms with Crippen LogP contribution in [0.1, 0.15) is 32.6 Å². The van der Waals surface area contributed by atoms with Gasteiger partial charge in [-0.1, -0.05) is 23.5 Å². The first-order valence-electron chi connectivity index (χ1n) is 10.2. The highest BCUT2D eigenvalue weighted by Gasteiger charge is 2.33. The highest BCUT2D eigenvalue weighted by Crippen LogP contribution is 2.32. The zero-order valence-corrected chi connectivity index (χ0v) is 17.1. The van der Waals surface area contributed by atoms with Crippen molar-refractivity contribution in [2.45, 2.75) is 32.6 Å². The zero-order chi connectivity index (χ0) is 19.5. The number of fused-ring (bicyclic) bond motifs is 1. The number of rotatable bonds is 4. The van der Waals surface area contributed by atoms with Crippen LogP contribution in [-0.2, 0) is 14.3 Å². The van der Waals surface area contributed by atoms with E-state index in [-0.39, 0.29) is 23.7 Å². The van der Waals surface area contributed by atoms with Crippen molar-refractivity contribution in [3.05, 3.63) is 24.3 Å². The van der Waals surface area contributed by atoms with Gasteiger partial charge in [0.2, 0.25) is 5.91 Å². The quantitative estimate of drug-likeness (QED) is 0.736. The summed E-state index contributed by atoms with van der Waals surface area (Å²) in [4.78, 5) is 33.8. The van der Waals surface area contributed by atoms with E-state index in [2.05, 4.69) is 11.0 Å². The molecule has 0 bridgehead atoms. The standard InChI is InChI=1S/C21H27N3O3S/c1-2-27-20(26)16-9-11-23(12-10-16)19(25)15-7-13-24(14-8-15)21-22-17-5-3-4-6-18(17)28-21/h3-6,15-16H,2,7-14H2,1H3. The molecule has 4 rings (SSSR count). The number of piperidine rings is 2. The second-order valence-electron chi connectivity index (χ2n) is 7.58. The molecule has 0 unspecified atom stereocenters. The molecule has 0 aliphatic carbocycles. The number of carbonyl (C=O) groups is 2. The number of likely N-dealkylation sites (tertiary alicyclic amines) is 1. The van der Waals surface area contributed by atoms with E-state index in [1.807, 2.05) is 30.0 Å². The summed E-state index contributed by atoms with van der Waals surface area (Å²) in [6.45, 7) is 5.33. The summed E-state index contributed by atoms with van der Waals surface area (Å²) >= 11 is 1.72. The summed E-state index contributed by atoms with van der Waals surface area (Å²) in [6, 6.07) is 8.21. The van der Waals surface area contributed by atoms with Crippen molar-refractivity contribution in [2.75, 3.05) is 37.7 Å².